The van der Waals surface area contributed by atoms with Gasteiger partial charge in [-0.05, 0) is 38.8 Å². The Morgan fingerprint density at radius 2 is 1.76 bits per heavy atom. The molecule has 0 heterocycles. The van der Waals surface area contributed by atoms with Gasteiger partial charge < -0.3 is 5.73 Å². The molecule has 1 rings (SSSR count). The Balaban J connectivity index is 2.56. The van der Waals surface area contributed by atoms with E-state index >= 15 is 0 Å². The fourth-order valence-corrected chi connectivity index (χ4v) is 2.02. The van der Waals surface area contributed by atoms with Crippen LogP contribution in [0.1, 0.15) is 32.8 Å². The molecule has 0 radical (unpaired) electrons. The van der Waals surface area contributed by atoms with Gasteiger partial charge in [-0.2, -0.15) is 0 Å². The van der Waals surface area contributed by atoms with Gasteiger partial charge in [-0.1, -0.05) is 37.3 Å². The number of benzene rings is 1. The minimum absolute atomic E-state index is 0.102. The van der Waals surface area contributed by atoms with Crippen LogP contribution in [-0.4, -0.2) is 30.1 Å². The third-order valence-corrected chi connectivity index (χ3v) is 3.36. The van der Waals surface area contributed by atoms with Gasteiger partial charge >= 0.3 is 0 Å². The molecule has 1 aromatic carbocycles. The molecule has 0 aliphatic carbocycles. The lowest BCUT2D eigenvalue weighted by Crippen LogP contribution is -2.50. The molecule has 0 amide bonds. The molecule has 0 spiro atoms. The van der Waals surface area contributed by atoms with Crippen molar-refractivity contribution in [2.75, 3.05) is 19.6 Å². The predicted octanol–water partition coefficient (Wildman–Crippen LogP) is 2.68. The highest BCUT2D eigenvalue weighted by Crippen LogP contribution is 2.14. The highest BCUT2D eigenvalue weighted by atomic mass is 15.2. The smallest absolute Gasteiger partial charge is 0.0275 e. The number of hydrogen-bond acceptors (Lipinski definition) is 2. The van der Waals surface area contributed by atoms with E-state index in [0.29, 0.717) is 6.54 Å². The van der Waals surface area contributed by atoms with Crippen molar-refractivity contribution >= 4 is 0 Å². The highest BCUT2D eigenvalue weighted by molar-refractivity contribution is 5.15. The number of hydrogen-bond donors (Lipinski definition) is 1. The van der Waals surface area contributed by atoms with E-state index in [-0.39, 0.29) is 5.54 Å². The lowest BCUT2D eigenvalue weighted by Gasteiger charge is -2.37. The second kappa shape index (κ2) is 6.77. The lowest BCUT2D eigenvalue weighted by molar-refractivity contribution is 0.128. The molecule has 0 bridgehead atoms. The third-order valence-electron chi connectivity index (χ3n) is 3.36. The zero-order valence-corrected chi connectivity index (χ0v) is 11.4. The van der Waals surface area contributed by atoms with Crippen LogP contribution in [0.3, 0.4) is 0 Å². The molecule has 0 aliphatic rings. The molecular weight excluding hydrogens is 208 g/mol. The fraction of sp³-hybridized carbons (Fsp3) is 0.600. The molecular formula is C15H26N2. The maximum absolute atomic E-state index is 5.86. The third kappa shape index (κ3) is 4.49. The van der Waals surface area contributed by atoms with Crippen molar-refractivity contribution in [2.24, 2.45) is 5.73 Å². The summed E-state index contributed by atoms with van der Waals surface area (Å²) in [5.41, 5.74) is 7.37. The second-order valence-corrected chi connectivity index (χ2v) is 5.24. The summed E-state index contributed by atoms with van der Waals surface area (Å²) in [6, 6.07) is 10.7. The van der Waals surface area contributed by atoms with E-state index in [0.717, 1.165) is 19.5 Å². The van der Waals surface area contributed by atoms with Crippen LogP contribution >= 0.6 is 0 Å². The Morgan fingerprint density at radius 1 is 1.12 bits per heavy atom. The predicted molar refractivity (Wildman–Crippen MR) is 75.1 cm³/mol. The van der Waals surface area contributed by atoms with Gasteiger partial charge in [0, 0.05) is 18.6 Å². The monoisotopic (exact) mass is 234 g/mol. The maximum Gasteiger partial charge on any atom is 0.0275 e. The molecule has 0 saturated heterocycles. The molecule has 96 valence electrons. The molecule has 0 aliphatic heterocycles. The van der Waals surface area contributed by atoms with E-state index in [4.69, 9.17) is 5.73 Å². The van der Waals surface area contributed by atoms with Crippen LogP contribution < -0.4 is 5.73 Å². The summed E-state index contributed by atoms with van der Waals surface area (Å²) in [5.74, 6) is 0. The van der Waals surface area contributed by atoms with Gasteiger partial charge in [0.1, 0.15) is 0 Å². The SMILES string of the molecule is CCCN(CCc1ccccc1)C(C)(C)CN. The van der Waals surface area contributed by atoms with Gasteiger partial charge in [-0.25, -0.2) is 0 Å². The topological polar surface area (TPSA) is 29.3 Å². The summed E-state index contributed by atoms with van der Waals surface area (Å²) >= 11 is 0. The first-order valence-corrected chi connectivity index (χ1v) is 6.59. The van der Waals surface area contributed by atoms with Crippen LogP contribution in [0, 0.1) is 0 Å². The second-order valence-electron chi connectivity index (χ2n) is 5.24. The van der Waals surface area contributed by atoms with E-state index in [1.165, 1.54) is 12.0 Å². The Morgan fingerprint density at radius 3 is 2.29 bits per heavy atom. The molecule has 2 heteroatoms. The summed E-state index contributed by atoms with van der Waals surface area (Å²) in [5, 5.41) is 0. The molecule has 0 atom stereocenters. The molecule has 0 fully saturated rings. The van der Waals surface area contributed by atoms with Crippen LogP contribution in [0.4, 0.5) is 0 Å². The normalized spacial score (nSPS) is 12.1. The standard InChI is InChI=1S/C15H26N2/c1-4-11-17(15(2,3)13-16)12-10-14-8-6-5-7-9-14/h5-9H,4,10-13,16H2,1-3H3. The first kappa shape index (κ1) is 14.2. The number of rotatable bonds is 7. The van der Waals surface area contributed by atoms with Gasteiger partial charge in [0.05, 0.1) is 0 Å². The van der Waals surface area contributed by atoms with Crippen LogP contribution in [-0.2, 0) is 6.42 Å². The maximum atomic E-state index is 5.86. The van der Waals surface area contributed by atoms with Crippen molar-refractivity contribution in [3.8, 4) is 0 Å². The summed E-state index contributed by atoms with van der Waals surface area (Å²) < 4.78 is 0. The van der Waals surface area contributed by atoms with Gasteiger partial charge in [0.2, 0.25) is 0 Å². The number of nitrogens with zero attached hydrogens (tertiary/aromatic N) is 1. The van der Waals surface area contributed by atoms with Gasteiger partial charge in [-0.15, -0.1) is 0 Å². The minimum atomic E-state index is 0.102. The molecule has 0 unspecified atom stereocenters. The Bertz CT molecular complexity index is 306. The highest BCUT2D eigenvalue weighted by Gasteiger charge is 2.23. The molecule has 0 saturated carbocycles. The largest absolute Gasteiger partial charge is 0.329 e. The van der Waals surface area contributed by atoms with Gasteiger partial charge in [0.25, 0.3) is 0 Å². The Hall–Kier alpha value is -0.860. The first-order chi connectivity index (χ1) is 8.10. The Labute approximate surface area is 106 Å². The van der Waals surface area contributed by atoms with Crippen LogP contribution in [0.2, 0.25) is 0 Å². The van der Waals surface area contributed by atoms with E-state index in [2.05, 4.69) is 56.0 Å². The van der Waals surface area contributed by atoms with Crippen molar-refractivity contribution in [2.45, 2.75) is 39.2 Å². The minimum Gasteiger partial charge on any atom is -0.329 e. The van der Waals surface area contributed by atoms with Crippen molar-refractivity contribution in [3.05, 3.63) is 35.9 Å². The van der Waals surface area contributed by atoms with Gasteiger partial charge in [-0.3, -0.25) is 4.90 Å². The van der Waals surface area contributed by atoms with Crippen molar-refractivity contribution in [3.63, 3.8) is 0 Å². The van der Waals surface area contributed by atoms with E-state index in [1.54, 1.807) is 0 Å². The Kier molecular flexibility index (Phi) is 5.66. The lowest BCUT2D eigenvalue weighted by atomic mass is 10.0. The summed E-state index contributed by atoms with van der Waals surface area (Å²) in [4.78, 5) is 2.50. The van der Waals surface area contributed by atoms with Crippen LogP contribution in [0.5, 0.6) is 0 Å². The molecule has 1 aromatic rings. The van der Waals surface area contributed by atoms with Crippen LogP contribution in [0.25, 0.3) is 0 Å². The zero-order valence-electron chi connectivity index (χ0n) is 11.4. The molecule has 17 heavy (non-hydrogen) atoms. The number of nitrogens with two attached hydrogens (primary N) is 1. The van der Waals surface area contributed by atoms with Crippen molar-refractivity contribution in [1.82, 2.24) is 4.90 Å². The quantitative estimate of drug-likeness (QED) is 0.786. The summed E-state index contributed by atoms with van der Waals surface area (Å²) in [6.45, 7) is 9.60. The van der Waals surface area contributed by atoms with E-state index in [1.807, 2.05) is 0 Å². The fourth-order valence-electron chi connectivity index (χ4n) is 2.02. The average Bonchev–Trinajstić information content (AvgIpc) is 2.35. The van der Waals surface area contributed by atoms with Crippen LogP contribution in [0.15, 0.2) is 30.3 Å². The molecule has 2 nitrogen and oxygen atoms in total. The molecule has 2 N–H and O–H groups in total. The first-order valence-electron chi connectivity index (χ1n) is 6.59. The average molecular weight is 234 g/mol. The van der Waals surface area contributed by atoms with Gasteiger partial charge in [0.15, 0.2) is 0 Å². The summed E-state index contributed by atoms with van der Waals surface area (Å²) in [6.07, 6.45) is 2.28. The van der Waals surface area contributed by atoms with Crippen molar-refractivity contribution < 1.29 is 0 Å². The van der Waals surface area contributed by atoms with E-state index < -0.39 is 0 Å². The zero-order chi connectivity index (χ0) is 12.7. The van der Waals surface area contributed by atoms with Crippen molar-refractivity contribution in [1.29, 1.82) is 0 Å². The summed E-state index contributed by atoms with van der Waals surface area (Å²) in [7, 11) is 0. The van der Waals surface area contributed by atoms with E-state index in [9.17, 15) is 0 Å². The molecule has 0 aromatic heterocycles.